The zero-order chi connectivity index (χ0) is 8.27. The van der Waals surface area contributed by atoms with Gasteiger partial charge in [0, 0.05) is 5.56 Å². The van der Waals surface area contributed by atoms with Crippen LogP contribution >= 0.6 is 0 Å². The lowest BCUT2D eigenvalue weighted by Gasteiger charge is -2.01. The Morgan fingerprint density at radius 3 is 2.73 bits per heavy atom. The lowest BCUT2D eigenvalue weighted by atomic mass is 10.2. The van der Waals surface area contributed by atoms with Gasteiger partial charge in [-0.2, -0.15) is 0 Å². The molecule has 0 aliphatic carbocycles. The summed E-state index contributed by atoms with van der Waals surface area (Å²) in [5.74, 6) is 4.58. The Bertz CT molecular complexity index is 252. The molecule has 60 valence electrons. The van der Waals surface area contributed by atoms with E-state index < -0.39 is 5.82 Å². The van der Waals surface area contributed by atoms with E-state index >= 15 is 0 Å². The minimum absolute atomic E-state index is 0.268. The van der Waals surface area contributed by atoms with Crippen molar-refractivity contribution < 1.29 is 9.50 Å². The van der Waals surface area contributed by atoms with Gasteiger partial charge in [-0.3, -0.25) is 5.84 Å². The first-order valence-electron chi connectivity index (χ1n) is 3.14. The largest absolute Gasteiger partial charge is 0.392 e. The van der Waals surface area contributed by atoms with Crippen molar-refractivity contribution in [2.75, 3.05) is 5.43 Å². The molecule has 1 aromatic rings. The Hall–Kier alpha value is -1.13. The van der Waals surface area contributed by atoms with Gasteiger partial charge in [-0.1, -0.05) is 6.07 Å². The fourth-order valence-electron chi connectivity index (χ4n) is 0.765. The maximum Gasteiger partial charge on any atom is 0.130 e. The fraction of sp³-hybridized carbons (Fsp3) is 0.143. The summed E-state index contributed by atoms with van der Waals surface area (Å²) in [5.41, 5.74) is 3.05. The molecule has 11 heavy (non-hydrogen) atoms. The molecule has 0 saturated carbocycles. The molecule has 0 radical (unpaired) electrons. The van der Waals surface area contributed by atoms with E-state index in [-0.39, 0.29) is 12.2 Å². The van der Waals surface area contributed by atoms with Gasteiger partial charge in [0.25, 0.3) is 0 Å². The summed E-state index contributed by atoms with van der Waals surface area (Å²) < 4.78 is 12.8. The minimum Gasteiger partial charge on any atom is -0.392 e. The Balaban J connectivity index is 2.99. The van der Waals surface area contributed by atoms with Gasteiger partial charge >= 0.3 is 0 Å². The first-order chi connectivity index (χ1) is 5.27. The molecule has 0 fully saturated rings. The monoisotopic (exact) mass is 156 g/mol. The van der Waals surface area contributed by atoms with Crippen molar-refractivity contribution in [1.29, 1.82) is 0 Å². The van der Waals surface area contributed by atoms with Crippen molar-refractivity contribution in [3.05, 3.63) is 29.6 Å². The fourth-order valence-corrected chi connectivity index (χ4v) is 0.765. The number of nitrogens with two attached hydrogens (primary N) is 1. The van der Waals surface area contributed by atoms with Crippen molar-refractivity contribution in [3.8, 4) is 0 Å². The molecule has 4 N–H and O–H groups in total. The van der Waals surface area contributed by atoms with Gasteiger partial charge in [0.2, 0.25) is 0 Å². The van der Waals surface area contributed by atoms with E-state index in [1.807, 2.05) is 0 Å². The standard InChI is InChI=1S/C7H9FN2O/c8-7-3-6(10-9)2-1-5(7)4-11/h1-3,10-11H,4,9H2. The molecule has 1 rings (SSSR count). The van der Waals surface area contributed by atoms with Crippen LogP contribution in [0.15, 0.2) is 18.2 Å². The summed E-state index contributed by atoms with van der Waals surface area (Å²) in [6.45, 7) is -0.295. The highest BCUT2D eigenvalue weighted by Gasteiger charge is 2.00. The quantitative estimate of drug-likeness (QED) is 0.434. The van der Waals surface area contributed by atoms with Crippen LogP contribution in [0.25, 0.3) is 0 Å². The van der Waals surface area contributed by atoms with Crippen molar-refractivity contribution >= 4 is 5.69 Å². The van der Waals surface area contributed by atoms with Gasteiger partial charge < -0.3 is 10.5 Å². The molecule has 4 heteroatoms. The van der Waals surface area contributed by atoms with Crippen LogP contribution in [0.3, 0.4) is 0 Å². The van der Waals surface area contributed by atoms with Crippen LogP contribution in [0.4, 0.5) is 10.1 Å². The lowest BCUT2D eigenvalue weighted by Crippen LogP contribution is -2.07. The van der Waals surface area contributed by atoms with Crippen LogP contribution < -0.4 is 11.3 Å². The maximum atomic E-state index is 12.8. The molecule has 0 bridgehead atoms. The molecule has 0 aliphatic rings. The first kappa shape index (κ1) is 7.97. The third-order valence-corrected chi connectivity index (χ3v) is 1.39. The first-order valence-corrected chi connectivity index (χ1v) is 3.14. The van der Waals surface area contributed by atoms with E-state index in [4.69, 9.17) is 10.9 Å². The van der Waals surface area contributed by atoms with E-state index in [0.29, 0.717) is 5.69 Å². The molecule has 0 spiro atoms. The predicted molar refractivity (Wildman–Crippen MR) is 40.1 cm³/mol. The highest BCUT2D eigenvalue weighted by Crippen LogP contribution is 2.12. The predicted octanol–water partition coefficient (Wildman–Crippen LogP) is 0.604. The van der Waals surface area contributed by atoms with Crippen molar-refractivity contribution in [2.24, 2.45) is 5.84 Å². The topological polar surface area (TPSA) is 58.3 Å². The van der Waals surface area contributed by atoms with Crippen LogP contribution in [0.1, 0.15) is 5.56 Å². The molecule has 0 aromatic heterocycles. The van der Waals surface area contributed by atoms with Gasteiger partial charge in [0.15, 0.2) is 0 Å². The number of hydrogen-bond acceptors (Lipinski definition) is 3. The second-order valence-electron chi connectivity index (χ2n) is 2.11. The van der Waals surface area contributed by atoms with Gasteiger partial charge in [-0.05, 0) is 12.1 Å². The molecule has 0 atom stereocenters. The number of hydrogen-bond donors (Lipinski definition) is 3. The zero-order valence-electron chi connectivity index (χ0n) is 5.84. The third kappa shape index (κ3) is 1.66. The molecule has 0 unspecified atom stereocenters. The summed E-state index contributed by atoms with van der Waals surface area (Å²) in [7, 11) is 0. The summed E-state index contributed by atoms with van der Waals surface area (Å²) in [6.07, 6.45) is 0. The SMILES string of the molecule is NNc1ccc(CO)c(F)c1. The van der Waals surface area contributed by atoms with Crippen LogP contribution in [0, 0.1) is 5.82 Å². The molecule has 1 aromatic carbocycles. The van der Waals surface area contributed by atoms with Gasteiger partial charge in [0.1, 0.15) is 5.82 Å². The molecule has 3 nitrogen and oxygen atoms in total. The molecular weight excluding hydrogens is 147 g/mol. The third-order valence-electron chi connectivity index (χ3n) is 1.39. The van der Waals surface area contributed by atoms with E-state index in [9.17, 15) is 4.39 Å². The van der Waals surface area contributed by atoms with E-state index in [1.165, 1.54) is 12.1 Å². The number of anilines is 1. The lowest BCUT2D eigenvalue weighted by molar-refractivity contribution is 0.276. The summed E-state index contributed by atoms with van der Waals surface area (Å²) >= 11 is 0. The second-order valence-corrected chi connectivity index (χ2v) is 2.11. The van der Waals surface area contributed by atoms with Crippen LogP contribution in [-0.2, 0) is 6.61 Å². The van der Waals surface area contributed by atoms with Crippen LogP contribution in [-0.4, -0.2) is 5.11 Å². The Morgan fingerprint density at radius 1 is 1.55 bits per heavy atom. The summed E-state index contributed by atoms with van der Waals surface area (Å²) in [4.78, 5) is 0. The second kappa shape index (κ2) is 3.32. The Labute approximate surface area is 63.6 Å². The van der Waals surface area contributed by atoms with Crippen molar-refractivity contribution in [3.63, 3.8) is 0 Å². The number of benzene rings is 1. The zero-order valence-corrected chi connectivity index (χ0v) is 5.84. The average Bonchev–Trinajstić information content (AvgIpc) is 2.04. The highest BCUT2D eigenvalue weighted by molar-refractivity contribution is 5.43. The molecule has 0 aliphatic heterocycles. The molecular formula is C7H9FN2O. The average molecular weight is 156 g/mol. The van der Waals surface area contributed by atoms with E-state index in [2.05, 4.69) is 5.43 Å². The summed E-state index contributed by atoms with van der Waals surface area (Å²) in [5, 5.41) is 8.59. The normalized spacial score (nSPS) is 9.73. The minimum atomic E-state index is -0.456. The smallest absolute Gasteiger partial charge is 0.130 e. The van der Waals surface area contributed by atoms with Gasteiger partial charge in [-0.15, -0.1) is 0 Å². The Kier molecular flexibility index (Phi) is 2.40. The molecule has 0 heterocycles. The summed E-state index contributed by atoms with van der Waals surface area (Å²) in [6, 6.07) is 4.30. The number of aliphatic hydroxyl groups is 1. The van der Waals surface area contributed by atoms with Crippen molar-refractivity contribution in [2.45, 2.75) is 6.61 Å². The number of nitrogen functional groups attached to an aromatic ring is 1. The molecule has 0 amide bonds. The maximum absolute atomic E-state index is 12.8. The van der Waals surface area contributed by atoms with Gasteiger partial charge in [0.05, 0.1) is 12.3 Å². The number of nitrogens with one attached hydrogen (secondary N) is 1. The number of hydrazine groups is 1. The van der Waals surface area contributed by atoms with E-state index in [1.54, 1.807) is 6.07 Å². The van der Waals surface area contributed by atoms with Crippen LogP contribution in [0.5, 0.6) is 0 Å². The van der Waals surface area contributed by atoms with Crippen LogP contribution in [0.2, 0.25) is 0 Å². The van der Waals surface area contributed by atoms with Gasteiger partial charge in [-0.25, -0.2) is 4.39 Å². The number of rotatable bonds is 2. The highest BCUT2D eigenvalue weighted by atomic mass is 19.1. The molecule has 0 saturated heterocycles. The van der Waals surface area contributed by atoms with Crippen molar-refractivity contribution in [1.82, 2.24) is 0 Å². The Morgan fingerprint density at radius 2 is 2.27 bits per heavy atom. The number of halogens is 1. The number of aliphatic hydroxyl groups excluding tert-OH is 1. The van der Waals surface area contributed by atoms with E-state index in [0.717, 1.165) is 0 Å².